The van der Waals surface area contributed by atoms with Crippen LogP contribution in [0.3, 0.4) is 0 Å². The Labute approximate surface area is 143 Å². The molecule has 5 aromatic rings. The van der Waals surface area contributed by atoms with Gasteiger partial charge in [0.05, 0.1) is 6.33 Å². The van der Waals surface area contributed by atoms with Crippen molar-refractivity contribution in [3.8, 4) is 0 Å². The summed E-state index contributed by atoms with van der Waals surface area (Å²) < 4.78 is 0. The topological polar surface area (TPSA) is 66.5 Å². The van der Waals surface area contributed by atoms with Gasteiger partial charge >= 0.3 is 0 Å². The normalized spacial score (nSPS) is 11.4. The lowest BCUT2D eigenvalue weighted by Crippen LogP contribution is -2.03. The lowest BCUT2D eigenvalue weighted by Gasteiger charge is -2.11. The summed E-state index contributed by atoms with van der Waals surface area (Å²) in [5.41, 5.74) is 2.73. The lowest BCUT2D eigenvalue weighted by molar-refractivity contribution is 1.11. The summed E-state index contributed by atoms with van der Waals surface area (Å²) in [5, 5.41) is 8.47. The fourth-order valence-electron chi connectivity index (χ4n) is 3.36. The molecule has 0 saturated heterocycles. The minimum Gasteiger partial charge on any atom is -0.364 e. The molecule has 25 heavy (non-hydrogen) atoms. The van der Waals surface area contributed by atoms with Crippen molar-refractivity contribution >= 4 is 38.5 Å². The van der Waals surface area contributed by atoms with Crippen molar-refractivity contribution in [2.45, 2.75) is 6.54 Å². The van der Waals surface area contributed by atoms with Crippen molar-refractivity contribution in [3.63, 3.8) is 0 Å². The highest BCUT2D eigenvalue weighted by atomic mass is 15.1. The molecule has 3 aromatic carbocycles. The number of imidazole rings is 1. The van der Waals surface area contributed by atoms with E-state index in [1.54, 1.807) is 6.33 Å². The Morgan fingerprint density at radius 2 is 1.72 bits per heavy atom. The molecule has 5 nitrogen and oxygen atoms in total. The van der Waals surface area contributed by atoms with E-state index in [9.17, 15) is 0 Å². The molecule has 0 spiro atoms. The fraction of sp³-hybridized carbons (Fsp3) is 0.0500. The molecule has 2 N–H and O–H groups in total. The summed E-state index contributed by atoms with van der Waals surface area (Å²) in [7, 11) is 0. The molecule has 0 aliphatic heterocycles. The molecule has 0 saturated carbocycles. The molecule has 5 rings (SSSR count). The van der Waals surface area contributed by atoms with Gasteiger partial charge in [-0.3, -0.25) is 0 Å². The van der Waals surface area contributed by atoms with Crippen LogP contribution in [0.25, 0.3) is 32.7 Å². The predicted molar refractivity (Wildman–Crippen MR) is 100 cm³/mol. The van der Waals surface area contributed by atoms with E-state index in [-0.39, 0.29) is 0 Å². The molecule has 0 aliphatic carbocycles. The van der Waals surface area contributed by atoms with Crippen LogP contribution < -0.4 is 5.32 Å². The Hall–Kier alpha value is -3.47. The molecule has 0 aliphatic rings. The van der Waals surface area contributed by atoms with E-state index in [0.717, 1.165) is 11.3 Å². The van der Waals surface area contributed by atoms with Crippen LogP contribution in [0, 0.1) is 0 Å². The van der Waals surface area contributed by atoms with Gasteiger partial charge in [-0.25, -0.2) is 15.0 Å². The maximum atomic E-state index is 4.34. The number of aromatic nitrogens is 4. The fourth-order valence-corrected chi connectivity index (χ4v) is 3.36. The lowest BCUT2D eigenvalue weighted by atomic mass is 9.97. The molecule has 2 heterocycles. The van der Waals surface area contributed by atoms with E-state index in [0.29, 0.717) is 12.2 Å². The molecule has 0 atom stereocenters. The second kappa shape index (κ2) is 5.56. The third kappa shape index (κ3) is 2.29. The van der Waals surface area contributed by atoms with E-state index < -0.39 is 0 Å². The monoisotopic (exact) mass is 325 g/mol. The van der Waals surface area contributed by atoms with E-state index in [1.807, 2.05) is 0 Å². The molecule has 0 unspecified atom stereocenters. The number of nitrogens with one attached hydrogen (secondary N) is 2. The third-order valence-electron chi connectivity index (χ3n) is 4.52. The van der Waals surface area contributed by atoms with Gasteiger partial charge in [0.1, 0.15) is 11.8 Å². The van der Waals surface area contributed by atoms with Crippen molar-refractivity contribution in [1.29, 1.82) is 0 Å². The number of aromatic amines is 1. The SMILES string of the molecule is c1ccc2c(c1)ccc1cccc(CNc3ncnc4nc[nH]c34)c12. The third-order valence-corrected chi connectivity index (χ3v) is 4.52. The first-order valence-electron chi connectivity index (χ1n) is 8.17. The molecule has 5 heteroatoms. The van der Waals surface area contributed by atoms with Gasteiger partial charge < -0.3 is 10.3 Å². The number of H-pyrrole nitrogens is 1. The average Bonchev–Trinajstić information content (AvgIpc) is 3.15. The highest BCUT2D eigenvalue weighted by molar-refractivity contribution is 6.09. The van der Waals surface area contributed by atoms with Gasteiger partial charge in [-0.15, -0.1) is 0 Å². The Kier molecular flexibility index (Phi) is 3.10. The summed E-state index contributed by atoms with van der Waals surface area (Å²) in [6.45, 7) is 0.677. The summed E-state index contributed by atoms with van der Waals surface area (Å²) in [4.78, 5) is 15.8. The largest absolute Gasteiger partial charge is 0.364 e. The predicted octanol–water partition coefficient (Wildman–Crippen LogP) is 4.27. The summed E-state index contributed by atoms with van der Waals surface area (Å²) in [6.07, 6.45) is 3.17. The number of fused-ring (bicyclic) bond motifs is 4. The molecule has 0 fully saturated rings. The zero-order chi connectivity index (χ0) is 16.6. The maximum Gasteiger partial charge on any atom is 0.182 e. The van der Waals surface area contributed by atoms with Gasteiger partial charge in [-0.05, 0) is 27.1 Å². The van der Waals surface area contributed by atoms with Crippen molar-refractivity contribution in [2.75, 3.05) is 5.32 Å². The highest BCUT2D eigenvalue weighted by Gasteiger charge is 2.08. The zero-order valence-electron chi connectivity index (χ0n) is 13.4. The molecular formula is C20H15N5. The number of hydrogen-bond donors (Lipinski definition) is 2. The quantitative estimate of drug-likeness (QED) is 0.486. The first-order valence-corrected chi connectivity index (χ1v) is 8.17. The second-order valence-corrected chi connectivity index (χ2v) is 5.98. The summed E-state index contributed by atoms with van der Waals surface area (Å²) >= 11 is 0. The number of hydrogen-bond acceptors (Lipinski definition) is 4. The van der Waals surface area contributed by atoms with Crippen molar-refractivity contribution in [1.82, 2.24) is 19.9 Å². The van der Waals surface area contributed by atoms with Crippen LogP contribution in [0.2, 0.25) is 0 Å². The standard InChI is InChI=1S/C20H15N5/c1-2-7-16-13(4-1)8-9-14-5-3-6-15(17(14)16)10-21-19-18-20(23-11-22-18)25-12-24-19/h1-9,11-12H,10H2,(H2,21,22,23,24,25). The van der Waals surface area contributed by atoms with Crippen LogP contribution >= 0.6 is 0 Å². The molecule has 120 valence electrons. The molecule has 0 radical (unpaired) electrons. The molecule has 0 amide bonds. The average molecular weight is 325 g/mol. The van der Waals surface area contributed by atoms with Gasteiger partial charge in [0.15, 0.2) is 11.5 Å². The Morgan fingerprint density at radius 3 is 2.72 bits per heavy atom. The first kappa shape index (κ1) is 13.9. The van der Waals surface area contributed by atoms with Crippen LogP contribution in [0.1, 0.15) is 5.56 Å². The summed E-state index contributed by atoms with van der Waals surface area (Å²) in [5.74, 6) is 0.764. The van der Waals surface area contributed by atoms with Crippen molar-refractivity contribution in [2.24, 2.45) is 0 Å². The van der Waals surface area contributed by atoms with E-state index in [1.165, 1.54) is 33.4 Å². The summed E-state index contributed by atoms with van der Waals surface area (Å²) in [6, 6.07) is 19.3. The second-order valence-electron chi connectivity index (χ2n) is 5.98. The Bertz CT molecular complexity index is 1210. The van der Waals surface area contributed by atoms with Gasteiger partial charge in [0.25, 0.3) is 0 Å². The van der Waals surface area contributed by atoms with Crippen LogP contribution in [0.15, 0.2) is 67.3 Å². The van der Waals surface area contributed by atoms with Crippen LogP contribution in [0.4, 0.5) is 5.82 Å². The van der Waals surface area contributed by atoms with Gasteiger partial charge in [-0.2, -0.15) is 0 Å². The van der Waals surface area contributed by atoms with Gasteiger partial charge in [0, 0.05) is 6.54 Å². The zero-order valence-corrected chi connectivity index (χ0v) is 13.4. The van der Waals surface area contributed by atoms with E-state index >= 15 is 0 Å². The van der Waals surface area contributed by atoms with Gasteiger partial charge in [0.2, 0.25) is 0 Å². The van der Waals surface area contributed by atoms with Crippen LogP contribution in [0.5, 0.6) is 0 Å². The first-order chi connectivity index (χ1) is 12.4. The number of benzene rings is 3. The Morgan fingerprint density at radius 1 is 0.840 bits per heavy atom. The van der Waals surface area contributed by atoms with Crippen LogP contribution in [-0.2, 0) is 6.54 Å². The number of anilines is 1. The van der Waals surface area contributed by atoms with Gasteiger partial charge in [-0.1, -0.05) is 54.6 Å². The van der Waals surface area contributed by atoms with Crippen molar-refractivity contribution < 1.29 is 0 Å². The Balaban J connectivity index is 1.61. The maximum absolute atomic E-state index is 4.34. The minimum atomic E-state index is 0.667. The molecule has 0 bridgehead atoms. The minimum absolute atomic E-state index is 0.667. The smallest absolute Gasteiger partial charge is 0.182 e. The van der Waals surface area contributed by atoms with E-state index in [2.05, 4.69) is 79.9 Å². The highest BCUT2D eigenvalue weighted by Crippen LogP contribution is 2.29. The number of nitrogens with zero attached hydrogens (tertiary/aromatic N) is 3. The molecule has 2 aromatic heterocycles. The molecular weight excluding hydrogens is 310 g/mol. The van der Waals surface area contributed by atoms with E-state index in [4.69, 9.17) is 0 Å². The van der Waals surface area contributed by atoms with Crippen LogP contribution in [-0.4, -0.2) is 19.9 Å². The van der Waals surface area contributed by atoms with Crippen molar-refractivity contribution in [3.05, 3.63) is 72.8 Å². The number of rotatable bonds is 3.